The number of pyridine rings is 2. The van der Waals surface area contributed by atoms with Crippen molar-refractivity contribution in [3.8, 4) is 17.6 Å². The van der Waals surface area contributed by atoms with E-state index in [0.717, 1.165) is 13.0 Å². The predicted octanol–water partition coefficient (Wildman–Crippen LogP) is 5.37. The summed E-state index contributed by atoms with van der Waals surface area (Å²) in [6.45, 7) is 6.16. The van der Waals surface area contributed by atoms with Crippen LogP contribution in [0.15, 0.2) is 42.6 Å². The van der Waals surface area contributed by atoms with E-state index >= 15 is 0 Å². The highest BCUT2D eigenvalue weighted by Gasteiger charge is 2.62. The van der Waals surface area contributed by atoms with E-state index < -0.39 is 17.5 Å². The zero-order valence-corrected chi connectivity index (χ0v) is 25.7. The van der Waals surface area contributed by atoms with E-state index in [0.29, 0.717) is 37.0 Å². The van der Waals surface area contributed by atoms with Crippen LogP contribution >= 0.6 is 23.8 Å². The molecular formula is C28H33ClF3N7O4S. The third-order valence-corrected chi connectivity index (χ3v) is 8.27. The molecule has 1 saturated heterocycles. The van der Waals surface area contributed by atoms with Crippen LogP contribution in [0.25, 0.3) is 5.82 Å². The lowest BCUT2D eigenvalue weighted by Gasteiger charge is -2.18. The Labute approximate surface area is 261 Å². The molecule has 1 aliphatic heterocycles. The second-order valence-electron chi connectivity index (χ2n) is 11.3. The quantitative estimate of drug-likeness (QED) is 0.0904. The van der Waals surface area contributed by atoms with E-state index in [1.807, 2.05) is 0 Å². The van der Waals surface area contributed by atoms with Crippen LogP contribution in [0.2, 0.25) is 5.15 Å². The maximum Gasteiger partial charge on any atom is 0.394 e. The molecule has 1 atom stereocenters. The lowest BCUT2D eigenvalue weighted by atomic mass is 10.0. The largest absolute Gasteiger partial charge is 0.477 e. The normalized spacial score (nSPS) is 18.5. The highest BCUT2D eigenvalue weighted by molar-refractivity contribution is 7.93. The van der Waals surface area contributed by atoms with Crippen LogP contribution in [-0.4, -0.2) is 69.8 Å². The first-order valence-corrected chi connectivity index (χ1v) is 15.2. The fourth-order valence-corrected chi connectivity index (χ4v) is 5.39. The van der Waals surface area contributed by atoms with Crippen LogP contribution in [0.1, 0.15) is 49.9 Å². The Morgan fingerprint density at radius 3 is 2.68 bits per heavy atom. The van der Waals surface area contributed by atoms with Crippen molar-refractivity contribution in [2.45, 2.75) is 57.3 Å². The Morgan fingerprint density at radius 2 is 1.98 bits per heavy atom. The van der Waals surface area contributed by atoms with Gasteiger partial charge in [-0.3, -0.25) is 9.52 Å². The molecule has 1 saturated carbocycles. The van der Waals surface area contributed by atoms with Crippen molar-refractivity contribution in [3.63, 3.8) is 0 Å². The van der Waals surface area contributed by atoms with Gasteiger partial charge >= 0.3 is 6.18 Å². The van der Waals surface area contributed by atoms with Crippen molar-refractivity contribution in [1.82, 2.24) is 29.8 Å². The molecule has 1 aliphatic carbocycles. The fourth-order valence-electron chi connectivity index (χ4n) is 4.75. The molecule has 0 aromatic carbocycles. The molecule has 44 heavy (non-hydrogen) atoms. The Balaban J connectivity index is 1.04. The number of nitrogens with zero attached hydrogens (tertiary/aromatic N) is 4. The maximum atomic E-state index is 13.1. The summed E-state index contributed by atoms with van der Waals surface area (Å²) in [5.74, 6) is 0.791. The van der Waals surface area contributed by atoms with E-state index in [2.05, 4.69) is 44.3 Å². The summed E-state index contributed by atoms with van der Waals surface area (Å²) in [4.78, 5) is 21.2. The number of amides is 1. The Hall–Kier alpha value is -3.27. The van der Waals surface area contributed by atoms with Crippen LogP contribution in [0, 0.1) is 5.41 Å². The minimum absolute atomic E-state index is 0.0806. The molecule has 5 rings (SSSR count). The first-order chi connectivity index (χ1) is 20.9. The second kappa shape index (κ2) is 13.4. The van der Waals surface area contributed by atoms with Crippen molar-refractivity contribution in [3.05, 3.63) is 53.3 Å². The van der Waals surface area contributed by atoms with Crippen LogP contribution < -0.4 is 24.3 Å². The molecule has 2 aliphatic rings. The molecule has 0 bridgehead atoms. The van der Waals surface area contributed by atoms with Crippen molar-refractivity contribution >= 4 is 35.6 Å². The molecule has 16 heteroatoms. The van der Waals surface area contributed by atoms with E-state index in [-0.39, 0.29) is 60.0 Å². The van der Waals surface area contributed by atoms with E-state index in [9.17, 15) is 18.0 Å². The smallest absolute Gasteiger partial charge is 0.394 e. The molecule has 2 fully saturated rings. The average molecular weight is 656 g/mol. The average Bonchev–Trinajstić information content (AvgIpc) is 3.49. The minimum atomic E-state index is -4.23. The number of alkyl halides is 3. The summed E-state index contributed by atoms with van der Waals surface area (Å²) >= 11 is 6.94. The van der Waals surface area contributed by atoms with Crippen molar-refractivity contribution in [1.29, 1.82) is 0 Å². The van der Waals surface area contributed by atoms with E-state index in [1.54, 1.807) is 18.2 Å². The molecule has 238 valence electrons. The first-order valence-electron chi connectivity index (χ1n) is 14.1. The number of rotatable bonds is 14. The number of nitrogens with one attached hydrogen (secondary N) is 3. The van der Waals surface area contributed by atoms with Gasteiger partial charge in [0.15, 0.2) is 18.0 Å². The lowest BCUT2D eigenvalue weighted by Crippen LogP contribution is -2.31. The first kappa shape index (κ1) is 32.1. The van der Waals surface area contributed by atoms with Gasteiger partial charge < -0.3 is 24.3 Å². The standard InChI is InChI=1S/C28H33ClF3N7O4S/c1-26(2)16-18(17-34-26)41-15-12-33-20-4-3-5-22(35-20)43-44-38-25(40)19-6-7-21(36-24(19)29)39-13-8-23(37-39)42-14-11-27(9-10-27)28(30,31)32/h3-8,13,18,34H,9-12,14-17H2,1-2H3,(H,33,35)(H,38,40). The molecule has 1 amide bonds. The number of anilines is 1. The number of aromatic nitrogens is 4. The van der Waals surface area contributed by atoms with Crippen LogP contribution in [-0.2, 0) is 4.74 Å². The molecule has 3 aromatic heterocycles. The number of hydrogen-bond acceptors (Lipinski definition) is 10. The number of carbonyl (C=O) groups excluding carboxylic acids is 1. The van der Waals surface area contributed by atoms with E-state index in [1.165, 1.54) is 29.1 Å². The number of halogens is 4. The van der Waals surface area contributed by atoms with Gasteiger partial charge in [0, 0.05) is 37.0 Å². The zero-order chi connectivity index (χ0) is 31.4. The second-order valence-corrected chi connectivity index (χ2v) is 12.2. The SMILES string of the molecule is CC1(C)CC(OCCNc2cccc(OSNC(=O)c3ccc(-n4ccc(OCCC5(C(F)(F)F)CC5)n4)nc3Cl)n2)CN1. The lowest BCUT2D eigenvalue weighted by molar-refractivity contribution is -0.190. The van der Waals surface area contributed by atoms with Gasteiger partial charge in [-0.05, 0) is 57.7 Å². The number of carbonyl (C=O) groups is 1. The van der Waals surface area contributed by atoms with Gasteiger partial charge in [-0.1, -0.05) is 17.7 Å². The Bertz CT molecular complexity index is 1450. The molecule has 3 aromatic rings. The summed E-state index contributed by atoms with van der Waals surface area (Å²) in [5, 5.41) is 10.7. The summed E-state index contributed by atoms with van der Waals surface area (Å²) in [5.41, 5.74) is -1.44. The van der Waals surface area contributed by atoms with Gasteiger partial charge in [-0.25, -0.2) is 9.67 Å². The van der Waals surface area contributed by atoms with Gasteiger partial charge in [0.05, 0.1) is 30.3 Å². The maximum absolute atomic E-state index is 13.1. The topological polar surface area (TPSA) is 124 Å². The number of hydrogen-bond donors (Lipinski definition) is 3. The van der Waals surface area contributed by atoms with E-state index in [4.69, 9.17) is 25.3 Å². The van der Waals surface area contributed by atoms with Gasteiger partial charge in [0.25, 0.3) is 5.91 Å². The van der Waals surface area contributed by atoms with Crippen LogP contribution in [0.5, 0.6) is 11.8 Å². The van der Waals surface area contributed by atoms with Gasteiger partial charge in [-0.2, -0.15) is 18.2 Å². The van der Waals surface area contributed by atoms with Gasteiger partial charge in [-0.15, -0.1) is 5.10 Å². The van der Waals surface area contributed by atoms with Crippen molar-refractivity contribution in [2.75, 3.05) is 31.6 Å². The Kier molecular flexibility index (Phi) is 9.77. The highest BCUT2D eigenvalue weighted by atomic mass is 35.5. The third kappa shape index (κ3) is 8.25. The van der Waals surface area contributed by atoms with Crippen LogP contribution in [0.4, 0.5) is 19.0 Å². The minimum Gasteiger partial charge on any atom is -0.477 e. The number of ether oxygens (including phenoxy) is 2. The molecule has 4 heterocycles. The highest BCUT2D eigenvalue weighted by Crippen LogP contribution is 2.59. The Morgan fingerprint density at radius 1 is 1.16 bits per heavy atom. The van der Waals surface area contributed by atoms with Crippen LogP contribution in [0.3, 0.4) is 0 Å². The molecule has 1 unspecified atom stereocenters. The van der Waals surface area contributed by atoms with Gasteiger partial charge in [0.1, 0.15) is 11.0 Å². The molecule has 3 N–H and O–H groups in total. The molecule has 11 nitrogen and oxygen atoms in total. The molecule has 0 radical (unpaired) electrons. The fraction of sp³-hybridized carbons (Fsp3) is 0.500. The predicted molar refractivity (Wildman–Crippen MR) is 159 cm³/mol. The summed E-state index contributed by atoms with van der Waals surface area (Å²) in [6, 6.07) is 9.73. The molecular weight excluding hydrogens is 623 g/mol. The summed E-state index contributed by atoms with van der Waals surface area (Å²) < 4.78 is 60.0. The summed E-state index contributed by atoms with van der Waals surface area (Å²) in [7, 11) is 0. The van der Waals surface area contributed by atoms with Gasteiger partial charge in [0.2, 0.25) is 11.8 Å². The summed E-state index contributed by atoms with van der Waals surface area (Å²) in [6.07, 6.45) is -1.42. The van der Waals surface area contributed by atoms with Crippen molar-refractivity contribution in [2.24, 2.45) is 5.41 Å². The molecule has 0 spiro atoms. The van der Waals surface area contributed by atoms with Crippen molar-refractivity contribution < 1.29 is 31.6 Å². The monoisotopic (exact) mass is 655 g/mol. The zero-order valence-electron chi connectivity index (χ0n) is 24.1. The third-order valence-electron chi connectivity index (χ3n) is 7.46.